The van der Waals surface area contributed by atoms with Crippen LogP contribution in [-0.2, 0) is 0 Å². The van der Waals surface area contributed by atoms with E-state index in [0.29, 0.717) is 30.4 Å². The molecule has 0 radical (unpaired) electrons. The van der Waals surface area contributed by atoms with Crippen LogP contribution in [-0.4, -0.2) is 24.0 Å². The van der Waals surface area contributed by atoms with Gasteiger partial charge in [0.1, 0.15) is 23.9 Å². The molecule has 2 aromatic rings. The first kappa shape index (κ1) is 11.5. The standard InChI is InChI=1S/C14H13N3O2/c15-13-7-3-4-10(16-13)14(18)17-8-9-19-12-6-2-1-5-11(12)17/h1-7H,8-9H2,(H2,15,16). The van der Waals surface area contributed by atoms with E-state index in [-0.39, 0.29) is 5.91 Å². The van der Waals surface area contributed by atoms with Crippen molar-refractivity contribution in [1.82, 2.24) is 4.98 Å². The summed E-state index contributed by atoms with van der Waals surface area (Å²) < 4.78 is 5.52. The number of aromatic nitrogens is 1. The lowest BCUT2D eigenvalue weighted by molar-refractivity contribution is 0.0972. The molecule has 3 rings (SSSR count). The van der Waals surface area contributed by atoms with Gasteiger partial charge in [-0.3, -0.25) is 4.79 Å². The zero-order valence-corrected chi connectivity index (χ0v) is 10.2. The number of hydrogen-bond donors (Lipinski definition) is 1. The first-order chi connectivity index (χ1) is 9.25. The van der Waals surface area contributed by atoms with Crippen molar-refractivity contribution in [3.05, 3.63) is 48.2 Å². The van der Waals surface area contributed by atoms with Gasteiger partial charge in [0.25, 0.3) is 5.91 Å². The smallest absolute Gasteiger partial charge is 0.277 e. The molecule has 5 nitrogen and oxygen atoms in total. The van der Waals surface area contributed by atoms with E-state index in [0.717, 1.165) is 5.69 Å². The fourth-order valence-corrected chi connectivity index (χ4v) is 2.09. The molecular weight excluding hydrogens is 242 g/mol. The van der Waals surface area contributed by atoms with Crippen molar-refractivity contribution in [2.45, 2.75) is 0 Å². The van der Waals surface area contributed by atoms with Crippen LogP contribution in [0.1, 0.15) is 10.5 Å². The Bertz CT molecular complexity index is 628. The van der Waals surface area contributed by atoms with Gasteiger partial charge < -0.3 is 15.4 Å². The van der Waals surface area contributed by atoms with Crippen molar-refractivity contribution in [3.63, 3.8) is 0 Å². The molecule has 1 aliphatic heterocycles. The molecule has 5 heteroatoms. The van der Waals surface area contributed by atoms with Crippen molar-refractivity contribution in [2.24, 2.45) is 0 Å². The molecular formula is C14H13N3O2. The summed E-state index contributed by atoms with van der Waals surface area (Å²) in [4.78, 5) is 18.2. The first-order valence-electron chi connectivity index (χ1n) is 6.02. The summed E-state index contributed by atoms with van der Waals surface area (Å²) in [6, 6.07) is 12.5. The van der Waals surface area contributed by atoms with Gasteiger partial charge in [0, 0.05) is 0 Å². The molecule has 1 amide bonds. The number of fused-ring (bicyclic) bond motifs is 1. The summed E-state index contributed by atoms with van der Waals surface area (Å²) in [5.41, 5.74) is 6.72. The third-order valence-electron chi connectivity index (χ3n) is 2.96. The lowest BCUT2D eigenvalue weighted by Gasteiger charge is -2.29. The minimum absolute atomic E-state index is 0.164. The van der Waals surface area contributed by atoms with Gasteiger partial charge >= 0.3 is 0 Å². The number of ether oxygens (including phenoxy) is 1. The van der Waals surface area contributed by atoms with E-state index >= 15 is 0 Å². The third kappa shape index (κ3) is 2.10. The van der Waals surface area contributed by atoms with Crippen LogP contribution in [0.2, 0.25) is 0 Å². The predicted molar refractivity (Wildman–Crippen MR) is 72.3 cm³/mol. The largest absolute Gasteiger partial charge is 0.490 e. The van der Waals surface area contributed by atoms with Crippen LogP contribution >= 0.6 is 0 Å². The molecule has 0 atom stereocenters. The number of amides is 1. The molecule has 96 valence electrons. The maximum atomic E-state index is 12.5. The number of hydrogen-bond acceptors (Lipinski definition) is 4. The summed E-state index contributed by atoms with van der Waals surface area (Å²) in [5.74, 6) is 0.890. The zero-order valence-electron chi connectivity index (χ0n) is 10.2. The van der Waals surface area contributed by atoms with Crippen molar-refractivity contribution in [2.75, 3.05) is 23.8 Å². The fraction of sp³-hybridized carbons (Fsp3) is 0.143. The number of para-hydroxylation sites is 2. The Kier molecular flexibility index (Phi) is 2.79. The van der Waals surface area contributed by atoms with Gasteiger partial charge in [0.05, 0.1) is 12.2 Å². The lowest BCUT2D eigenvalue weighted by atomic mass is 10.2. The molecule has 0 unspecified atom stereocenters. The average Bonchev–Trinajstić information content (AvgIpc) is 2.46. The second-order valence-electron chi connectivity index (χ2n) is 4.22. The fourth-order valence-electron chi connectivity index (χ4n) is 2.09. The Labute approximate surface area is 110 Å². The zero-order chi connectivity index (χ0) is 13.2. The van der Waals surface area contributed by atoms with E-state index in [4.69, 9.17) is 10.5 Å². The first-order valence-corrected chi connectivity index (χ1v) is 6.02. The van der Waals surface area contributed by atoms with E-state index in [9.17, 15) is 4.79 Å². The highest BCUT2D eigenvalue weighted by molar-refractivity contribution is 6.06. The molecule has 2 heterocycles. The third-order valence-corrected chi connectivity index (χ3v) is 2.96. The quantitative estimate of drug-likeness (QED) is 0.842. The Morgan fingerprint density at radius 2 is 2.05 bits per heavy atom. The Balaban J connectivity index is 1.98. The van der Waals surface area contributed by atoms with Crippen molar-refractivity contribution in [1.29, 1.82) is 0 Å². The Morgan fingerprint density at radius 1 is 1.21 bits per heavy atom. The van der Waals surface area contributed by atoms with Crippen LogP contribution in [0.25, 0.3) is 0 Å². The highest BCUT2D eigenvalue weighted by Crippen LogP contribution is 2.31. The number of rotatable bonds is 1. The van der Waals surface area contributed by atoms with E-state index in [2.05, 4.69) is 4.98 Å². The van der Waals surface area contributed by atoms with Gasteiger partial charge in [-0.25, -0.2) is 4.98 Å². The number of anilines is 2. The van der Waals surface area contributed by atoms with Crippen LogP contribution < -0.4 is 15.4 Å². The molecule has 0 fully saturated rings. The number of nitrogens with zero attached hydrogens (tertiary/aromatic N) is 2. The number of carbonyl (C=O) groups excluding carboxylic acids is 1. The van der Waals surface area contributed by atoms with E-state index < -0.39 is 0 Å². The van der Waals surface area contributed by atoms with Crippen LogP contribution in [0.5, 0.6) is 5.75 Å². The van der Waals surface area contributed by atoms with Gasteiger partial charge in [-0.2, -0.15) is 0 Å². The summed E-state index contributed by atoms with van der Waals surface area (Å²) in [7, 11) is 0. The Morgan fingerprint density at radius 3 is 2.89 bits per heavy atom. The number of nitrogen functional groups attached to an aromatic ring is 1. The summed E-state index contributed by atoms with van der Waals surface area (Å²) >= 11 is 0. The van der Waals surface area contributed by atoms with Crippen LogP contribution in [0, 0.1) is 0 Å². The molecule has 2 N–H and O–H groups in total. The van der Waals surface area contributed by atoms with E-state index in [1.807, 2.05) is 24.3 Å². The second-order valence-corrected chi connectivity index (χ2v) is 4.22. The number of nitrogens with two attached hydrogens (primary N) is 1. The van der Waals surface area contributed by atoms with Crippen molar-refractivity contribution in [3.8, 4) is 5.75 Å². The maximum Gasteiger partial charge on any atom is 0.277 e. The minimum Gasteiger partial charge on any atom is -0.490 e. The summed E-state index contributed by atoms with van der Waals surface area (Å²) in [6.45, 7) is 0.984. The van der Waals surface area contributed by atoms with Crippen LogP contribution in [0.4, 0.5) is 11.5 Å². The lowest BCUT2D eigenvalue weighted by Crippen LogP contribution is -2.38. The SMILES string of the molecule is Nc1cccc(C(=O)N2CCOc3ccccc32)n1. The highest BCUT2D eigenvalue weighted by Gasteiger charge is 2.25. The highest BCUT2D eigenvalue weighted by atomic mass is 16.5. The number of carbonyl (C=O) groups is 1. The van der Waals surface area contributed by atoms with Gasteiger partial charge in [-0.15, -0.1) is 0 Å². The molecule has 1 aromatic heterocycles. The van der Waals surface area contributed by atoms with Crippen LogP contribution in [0.15, 0.2) is 42.5 Å². The minimum atomic E-state index is -0.164. The van der Waals surface area contributed by atoms with Crippen molar-refractivity contribution < 1.29 is 9.53 Å². The Hall–Kier alpha value is -2.56. The van der Waals surface area contributed by atoms with E-state index in [1.165, 1.54) is 0 Å². The molecule has 0 saturated carbocycles. The van der Waals surface area contributed by atoms with Gasteiger partial charge in [-0.05, 0) is 24.3 Å². The molecule has 0 saturated heterocycles. The predicted octanol–water partition coefficient (Wildman–Crippen LogP) is 1.70. The summed E-state index contributed by atoms with van der Waals surface area (Å²) in [5, 5.41) is 0. The maximum absolute atomic E-state index is 12.5. The van der Waals surface area contributed by atoms with Gasteiger partial charge in [0.2, 0.25) is 0 Å². The molecule has 19 heavy (non-hydrogen) atoms. The van der Waals surface area contributed by atoms with Gasteiger partial charge in [-0.1, -0.05) is 18.2 Å². The molecule has 0 bridgehead atoms. The molecule has 0 spiro atoms. The molecule has 1 aliphatic rings. The topological polar surface area (TPSA) is 68.5 Å². The van der Waals surface area contributed by atoms with Crippen molar-refractivity contribution >= 4 is 17.4 Å². The number of pyridine rings is 1. The molecule has 1 aromatic carbocycles. The summed E-state index contributed by atoms with van der Waals surface area (Å²) in [6.07, 6.45) is 0. The molecule has 0 aliphatic carbocycles. The average molecular weight is 255 g/mol. The van der Waals surface area contributed by atoms with E-state index in [1.54, 1.807) is 23.1 Å². The monoisotopic (exact) mass is 255 g/mol. The number of benzene rings is 1. The van der Waals surface area contributed by atoms with Crippen LogP contribution in [0.3, 0.4) is 0 Å². The second kappa shape index (κ2) is 4.61. The normalized spacial score (nSPS) is 13.6. The van der Waals surface area contributed by atoms with Gasteiger partial charge in [0.15, 0.2) is 0 Å².